The van der Waals surface area contributed by atoms with Crippen LogP contribution < -0.4 is 0 Å². The molecule has 0 aliphatic heterocycles. The number of fused-ring (bicyclic) bond motifs is 3. The van der Waals surface area contributed by atoms with Gasteiger partial charge in [0.15, 0.2) is 15.8 Å². The van der Waals surface area contributed by atoms with Crippen molar-refractivity contribution in [3.8, 4) is 0 Å². The van der Waals surface area contributed by atoms with Crippen molar-refractivity contribution in [1.29, 1.82) is 0 Å². The zero-order chi connectivity index (χ0) is 15.1. The predicted octanol–water partition coefficient (Wildman–Crippen LogP) is 3.45. The van der Waals surface area contributed by atoms with E-state index in [9.17, 15) is 0 Å². The third-order valence-electron chi connectivity index (χ3n) is 3.53. The van der Waals surface area contributed by atoms with Gasteiger partial charge in [-0.25, -0.2) is 9.97 Å². The van der Waals surface area contributed by atoms with E-state index in [0.29, 0.717) is 5.58 Å². The van der Waals surface area contributed by atoms with Crippen molar-refractivity contribution in [3.05, 3.63) is 36.4 Å². The smallest absolute Gasteiger partial charge is 0.197 e. The molecule has 0 aliphatic rings. The van der Waals surface area contributed by atoms with Gasteiger partial charge in [-0.05, 0) is 37.7 Å². The van der Waals surface area contributed by atoms with Crippen molar-refractivity contribution >= 4 is 33.8 Å². The van der Waals surface area contributed by atoms with Crippen LogP contribution in [0.4, 0.5) is 0 Å². The summed E-state index contributed by atoms with van der Waals surface area (Å²) in [5.74, 6) is 0.889. The van der Waals surface area contributed by atoms with E-state index in [1.807, 2.05) is 35.8 Å². The van der Waals surface area contributed by atoms with Gasteiger partial charge in [-0.2, -0.15) is 0 Å². The number of para-hydroxylation sites is 1. The fourth-order valence-electron chi connectivity index (χ4n) is 2.46. The van der Waals surface area contributed by atoms with Gasteiger partial charge in [-0.3, -0.25) is 0 Å². The molecule has 0 atom stereocenters. The highest BCUT2D eigenvalue weighted by Gasteiger charge is 2.17. The molecule has 0 amide bonds. The van der Waals surface area contributed by atoms with Crippen molar-refractivity contribution in [2.24, 2.45) is 0 Å². The number of furan rings is 1. The Kier molecular flexibility index (Phi) is 3.07. The van der Waals surface area contributed by atoms with Gasteiger partial charge in [-0.15, -0.1) is 10.2 Å². The van der Waals surface area contributed by atoms with Gasteiger partial charge in [0, 0.05) is 11.9 Å². The maximum Gasteiger partial charge on any atom is 0.197 e. The Morgan fingerprint density at radius 3 is 2.91 bits per heavy atom. The number of hydrogen-bond donors (Lipinski definition) is 0. The van der Waals surface area contributed by atoms with Crippen LogP contribution in [0.1, 0.15) is 12.7 Å². The van der Waals surface area contributed by atoms with Crippen LogP contribution in [-0.4, -0.2) is 24.7 Å². The average molecular weight is 311 g/mol. The fraction of sp³-hybridized carbons (Fsp3) is 0.200. The number of benzene rings is 1. The Balaban J connectivity index is 1.88. The summed E-state index contributed by atoms with van der Waals surface area (Å²) in [6.07, 6.45) is 1.56. The van der Waals surface area contributed by atoms with Gasteiger partial charge >= 0.3 is 0 Å². The monoisotopic (exact) mass is 311 g/mol. The van der Waals surface area contributed by atoms with E-state index in [-0.39, 0.29) is 0 Å². The van der Waals surface area contributed by atoms with Crippen LogP contribution in [0, 0.1) is 6.92 Å². The summed E-state index contributed by atoms with van der Waals surface area (Å²) in [7, 11) is 0. The lowest BCUT2D eigenvalue weighted by Gasteiger charge is -2.03. The Bertz CT molecular complexity index is 975. The van der Waals surface area contributed by atoms with Crippen LogP contribution in [0.5, 0.6) is 0 Å². The molecule has 110 valence electrons. The van der Waals surface area contributed by atoms with Gasteiger partial charge in [0.05, 0.1) is 0 Å². The second-order valence-corrected chi connectivity index (χ2v) is 5.79. The summed E-state index contributed by atoms with van der Waals surface area (Å²) < 4.78 is 7.98. The molecular formula is C15H13N5OS. The van der Waals surface area contributed by atoms with Crippen LogP contribution >= 0.6 is 11.8 Å². The van der Waals surface area contributed by atoms with Crippen LogP contribution in [0.3, 0.4) is 0 Å². The predicted molar refractivity (Wildman–Crippen MR) is 83.9 cm³/mol. The van der Waals surface area contributed by atoms with E-state index < -0.39 is 0 Å². The molecule has 7 heteroatoms. The first-order chi connectivity index (χ1) is 10.8. The minimum atomic E-state index is 0.692. The van der Waals surface area contributed by atoms with E-state index in [1.54, 1.807) is 6.33 Å². The maximum atomic E-state index is 5.93. The first kappa shape index (κ1) is 13.3. The molecule has 4 rings (SSSR count). The third-order valence-corrected chi connectivity index (χ3v) is 4.50. The second-order valence-electron chi connectivity index (χ2n) is 4.83. The molecule has 0 saturated carbocycles. The Morgan fingerprint density at radius 1 is 1.18 bits per heavy atom. The van der Waals surface area contributed by atoms with Gasteiger partial charge in [0.1, 0.15) is 23.3 Å². The van der Waals surface area contributed by atoms with E-state index >= 15 is 0 Å². The van der Waals surface area contributed by atoms with Crippen molar-refractivity contribution in [3.63, 3.8) is 0 Å². The van der Waals surface area contributed by atoms with Crippen molar-refractivity contribution in [2.45, 2.75) is 30.6 Å². The van der Waals surface area contributed by atoms with Crippen molar-refractivity contribution in [1.82, 2.24) is 24.7 Å². The Morgan fingerprint density at radius 2 is 2.05 bits per heavy atom. The van der Waals surface area contributed by atoms with E-state index in [2.05, 4.69) is 27.1 Å². The van der Waals surface area contributed by atoms with E-state index in [0.717, 1.165) is 39.0 Å². The maximum absolute atomic E-state index is 5.93. The van der Waals surface area contributed by atoms with Crippen LogP contribution in [0.2, 0.25) is 0 Å². The quantitative estimate of drug-likeness (QED) is 0.540. The zero-order valence-corrected chi connectivity index (χ0v) is 13.0. The molecule has 0 saturated heterocycles. The van der Waals surface area contributed by atoms with E-state index in [1.165, 1.54) is 11.8 Å². The summed E-state index contributed by atoms with van der Waals surface area (Å²) in [6.45, 7) is 4.82. The molecule has 4 aromatic rings. The van der Waals surface area contributed by atoms with Gasteiger partial charge in [0.2, 0.25) is 0 Å². The number of hydrogen-bond acceptors (Lipinski definition) is 6. The lowest BCUT2D eigenvalue weighted by atomic mass is 10.2. The summed E-state index contributed by atoms with van der Waals surface area (Å²) >= 11 is 1.45. The van der Waals surface area contributed by atoms with Crippen molar-refractivity contribution < 1.29 is 4.42 Å². The summed E-state index contributed by atoms with van der Waals surface area (Å²) in [5, 5.41) is 10.9. The van der Waals surface area contributed by atoms with Gasteiger partial charge in [-0.1, -0.05) is 12.1 Å². The average Bonchev–Trinajstić information content (AvgIpc) is 3.09. The number of aromatic nitrogens is 5. The summed E-state index contributed by atoms with van der Waals surface area (Å²) in [5.41, 5.74) is 2.33. The highest BCUT2D eigenvalue weighted by molar-refractivity contribution is 7.99. The standard InChI is InChI=1S/C15H13N5OS/c1-3-20-9(2)18-19-15(20)22-14-13-12(16-8-17-14)10-6-4-5-7-11(10)21-13/h4-8H,3H2,1-2H3. The first-order valence-electron chi connectivity index (χ1n) is 6.98. The highest BCUT2D eigenvalue weighted by Crippen LogP contribution is 2.35. The Hall–Kier alpha value is -2.41. The minimum absolute atomic E-state index is 0.692. The SMILES string of the molecule is CCn1c(C)nnc1Sc1ncnc2c1oc1ccccc12. The second kappa shape index (κ2) is 5.10. The minimum Gasteiger partial charge on any atom is -0.451 e. The number of aryl methyl sites for hydroxylation is 1. The fourth-order valence-corrected chi connectivity index (χ4v) is 3.42. The molecule has 6 nitrogen and oxygen atoms in total. The topological polar surface area (TPSA) is 69.6 Å². The van der Waals surface area contributed by atoms with Gasteiger partial charge < -0.3 is 8.98 Å². The lowest BCUT2D eigenvalue weighted by molar-refractivity contribution is 0.648. The number of nitrogens with zero attached hydrogens (tertiary/aromatic N) is 5. The van der Waals surface area contributed by atoms with Gasteiger partial charge in [0.25, 0.3) is 0 Å². The molecule has 3 heterocycles. The molecule has 0 aliphatic carbocycles. The summed E-state index contributed by atoms with van der Waals surface area (Å²) in [4.78, 5) is 8.72. The molecule has 0 radical (unpaired) electrons. The highest BCUT2D eigenvalue weighted by atomic mass is 32.2. The lowest BCUT2D eigenvalue weighted by Crippen LogP contribution is -1.99. The van der Waals surface area contributed by atoms with Crippen LogP contribution in [-0.2, 0) is 6.54 Å². The normalized spacial score (nSPS) is 11.5. The van der Waals surface area contributed by atoms with Crippen LogP contribution in [0.25, 0.3) is 22.1 Å². The zero-order valence-electron chi connectivity index (χ0n) is 12.1. The molecule has 1 aromatic carbocycles. The largest absolute Gasteiger partial charge is 0.451 e. The molecule has 0 fully saturated rings. The van der Waals surface area contributed by atoms with Crippen molar-refractivity contribution in [2.75, 3.05) is 0 Å². The molecular weight excluding hydrogens is 298 g/mol. The molecule has 3 aromatic heterocycles. The third kappa shape index (κ3) is 1.97. The van der Waals surface area contributed by atoms with E-state index in [4.69, 9.17) is 4.42 Å². The number of rotatable bonds is 3. The van der Waals surface area contributed by atoms with Crippen LogP contribution in [0.15, 0.2) is 45.2 Å². The molecule has 22 heavy (non-hydrogen) atoms. The molecule has 0 unspecified atom stereocenters. The first-order valence-corrected chi connectivity index (χ1v) is 7.79. The molecule has 0 spiro atoms. The Labute approximate surface area is 130 Å². The summed E-state index contributed by atoms with van der Waals surface area (Å²) in [6, 6.07) is 7.86. The molecule has 0 N–H and O–H groups in total. The molecule has 0 bridgehead atoms.